The zero-order valence-electron chi connectivity index (χ0n) is 23.5. The Morgan fingerprint density at radius 2 is 0.911 bits per heavy atom. The molecule has 0 atom stereocenters. The van der Waals surface area contributed by atoms with Gasteiger partial charge in [0.2, 0.25) is 0 Å². The van der Waals surface area contributed by atoms with E-state index in [2.05, 4.69) is 131 Å². The largest absolute Gasteiger partial charge is 0.292 e. The van der Waals surface area contributed by atoms with Crippen LogP contribution in [-0.4, -0.2) is 4.57 Å². The highest BCUT2D eigenvalue weighted by molar-refractivity contribution is 7.29. The molecule has 7 heteroatoms. The summed E-state index contributed by atoms with van der Waals surface area (Å²) in [5.41, 5.74) is 3.80. The van der Waals surface area contributed by atoms with Crippen molar-refractivity contribution in [2.24, 2.45) is 0 Å². The zero-order valence-corrected chi connectivity index (χ0v) is 28.4. The molecule has 0 aliphatic rings. The van der Waals surface area contributed by atoms with Crippen LogP contribution in [0.1, 0.15) is 0 Å². The van der Waals surface area contributed by atoms with Crippen LogP contribution >= 0.6 is 68.0 Å². The van der Waals surface area contributed by atoms with Gasteiger partial charge in [0.1, 0.15) is 9.66 Å². The number of hydrogen-bond donors (Lipinski definition) is 0. The third-order valence-corrected chi connectivity index (χ3v) is 15.0. The van der Waals surface area contributed by atoms with E-state index in [4.69, 9.17) is 0 Å². The second-order valence-electron chi connectivity index (χ2n) is 10.9. The van der Waals surface area contributed by atoms with E-state index in [1.54, 1.807) is 22.7 Å². The summed E-state index contributed by atoms with van der Waals surface area (Å²) in [5.74, 6) is 0. The molecule has 0 fully saturated rings. The van der Waals surface area contributed by atoms with Gasteiger partial charge in [-0.3, -0.25) is 4.57 Å². The minimum absolute atomic E-state index is 1.22. The Balaban J connectivity index is 1.16. The van der Waals surface area contributed by atoms with Crippen molar-refractivity contribution in [1.82, 2.24) is 4.57 Å². The van der Waals surface area contributed by atoms with Gasteiger partial charge in [0.05, 0.1) is 0 Å². The van der Waals surface area contributed by atoms with Gasteiger partial charge in [-0.2, -0.15) is 0 Å². The fourth-order valence-electron chi connectivity index (χ4n) is 6.26. The molecule has 0 spiro atoms. The van der Waals surface area contributed by atoms with E-state index in [-0.39, 0.29) is 0 Å². The lowest BCUT2D eigenvalue weighted by atomic mass is 10.1. The standard InChI is InChI=1S/C38H21NS6/c1-2-6-24(7-3-1)39-37-35(25-12-10-22(20-33(25)44-37)27-14-16-31(42-27)29-8-4-18-40-29)36-26-13-11-23(21-34(26)45-38(36)39)28-15-17-32(43-28)30-9-5-19-41-30/h1-21H. The van der Waals surface area contributed by atoms with Crippen LogP contribution in [0.25, 0.3) is 86.7 Å². The molecule has 0 aliphatic carbocycles. The predicted octanol–water partition coefficient (Wildman–Crippen LogP) is 14.1. The van der Waals surface area contributed by atoms with Gasteiger partial charge >= 0.3 is 0 Å². The lowest BCUT2D eigenvalue weighted by Gasteiger charge is -2.04. The molecule has 10 rings (SSSR count). The summed E-state index contributed by atoms with van der Waals surface area (Å²) in [6.45, 7) is 0. The molecule has 7 aromatic heterocycles. The number of aromatic nitrogens is 1. The van der Waals surface area contributed by atoms with Crippen LogP contribution in [0, 0.1) is 0 Å². The Labute approximate surface area is 283 Å². The van der Waals surface area contributed by atoms with Gasteiger partial charge < -0.3 is 0 Å². The summed E-state index contributed by atoms with van der Waals surface area (Å²) in [6, 6.07) is 42.8. The smallest absolute Gasteiger partial charge is 0.110 e. The zero-order chi connectivity index (χ0) is 29.5. The van der Waals surface area contributed by atoms with Crippen LogP contribution in [-0.2, 0) is 0 Å². The molecule has 0 bridgehead atoms. The molecule has 214 valence electrons. The quantitative estimate of drug-likeness (QED) is 0.170. The number of thiophene rings is 6. The van der Waals surface area contributed by atoms with Gasteiger partial charge in [-0.05, 0) is 82.6 Å². The maximum atomic E-state index is 2.50. The Kier molecular flexibility index (Phi) is 6.08. The number of hydrogen-bond acceptors (Lipinski definition) is 6. The van der Waals surface area contributed by atoms with Gasteiger partial charge in [-0.1, -0.05) is 54.6 Å². The Bertz CT molecular complexity index is 2470. The van der Waals surface area contributed by atoms with Gasteiger partial charge in [0.15, 0.2) is 0 Å². The van der Waals surface area contributed by atoms with Gasteiger partial charge in [0, 0.05) is 65.9 Å². The van der Waals surface area contributed by atoms with Crippen LogP contribution in [0.15, 0.2) is 126 Å². The lowest BCUT2D eigenvalue weighted by molar-refractivity contribution is 1.21. The molecule has 10 aromatic rings. The van der Waals surface area contributed by atoms with E-state index >= 15 is 0 Å². The molecule has 0 saturated carbocycles. The van der Waals surface area contributed by atoms with Crippen molar-refractivity contribution in [2.75, 3.05) is 0 Å². The highest BCUT2D eigenvalue weighted by Gasteiger charge is 2.22. The first-order valence-corrected chi connectivity index (χ1v) is 19.6. The topological polar surface area (TPSA) is 4.93 Å². The molecule has 0 saturated heterocycles. The molecule has 0 unspecified atom stereocenters. The number of rotatable bonds is 5. The van der Waals surface area contributed by atoms with Crippen LogP contribution < -0.4 is 0 Å². The van der Waals surface area contributed by atoms with Crippen molar-refractivity contribution in [3.63, 3.8) is 0 Å². The first kappa shape index (κ1) is 26.4. The monoisotopic (exact) mass is 683 g/mol. The highest BCUT2D eigenvalue weighted by Crippen LogP contribution is 2.50. The second kappa shape index (κ2) is 10.4. The molecule has 0 radical (unpaired) electrons. The molecule has 1 nitrogen and oxygen atoms in total. The van der Waals surface area contributed by atoms with Crippen molar-refractivity contribution in [3.8, 4) is 46.1 Å². The first-order chi connectivity index (χ1) is 22.3. The van der Waals surface area contributed by atoms with Crippen LogP contribution in [0.2, 0.25) is 0 Å². The number of para-hydroxylation sites is 1. The van der Waals surface area contributed by atoms with Crippen molar-refractivity contribution in [3.05, 3.63) is 126 Å². The van der Waals surface area contributed by atoms with Gasteiger partial charge in [-0.25, -0.2) is 0 Å². The summed E-state index contributed by atoms with van der Waals surface area (Å²) in [4.78, 5) is 10.6. The minimum Gasteiger partial charge on any atom is -0.292 e. The Morgan fingerprint density at radius 3 is 1.40 bits per heavy atom. The summed E-state index contributed by atoms with van der Waals surface area (Å²) in [5, 5.41) is 9.74. The van der Waals surface area contributed by atoms with Crippen molar-refractivity contribution < 1.29 is 0 Å². The van der Waals surface area contributed by atoms with Gasteiger partial charge in [-0.15, -0.1) is 68.0 Å². The number of fused-ring (bicyclic) bond motifs is 7. The van der Waals surface area contributed by atoms with E-state index in [1.807, 2.05) is 45.3 Å². The third kappa shape index (κ3) is 4.19. The van der Waals surface area contributed by atoms with Crippen LogP contribution in [0.4, 0.5) is 0 Å². The number of benzene rings is 3. The van der Waals surface area contributed by atoms with E-state index in [0.717, 1.165) is 0 Å². The molecule has 0 amide bonds. The lowest BCUT2D eigenvalue weighted by Crippen LogP contribution is -1.89. The minimum atomic E-state index is 1.22. The molecule has 3 aromatic carbocycles. The van der Waals surface area contributed by atoms with Crippen molar-refractivity contribution in [2.45, 2.75) is 0 Å². The summed E-state index contributed by atoms with van der Waals surface area (Å²) in [7, 11) is 0. The SMILES string of the molecule is c1ccc(-n2c3sc4cc(-c5ccc(-c6cccs6)s5)ccc4c3c3c4ccc(-c5ccc(-c6cccs6)s5)cc4sc32)cc1. The average molecular weight is 684 g/mol. The Hall–Kier alpha value is -3.82. The van der Waals surface area contributed by atoms with Crippen LogP contribution in [0.3, 0.4) is 0 Å². The molecular weight excluding hydrogens is 663 g/mol. The number of nitrogens with zero attached hydrogens (tertiary/aromatic N) is 1. The fraction of sp³-hybridized carbons (Fsp3) is 0. The van der Waals surface area contributed by atoms with Crippen molar-refractivity contribution in [1.29, 1.82) is 0 Å². The first-order valence-electron chi connectivity index (χ1n) is 14.6. The maximum Gasteiger partial charge on any atom is 0.110 e. The summed E-state index contributed by atoms with van der Waals surface area (Å²) < 4.78 is 5.18. The average Bonchev–Trinajstić information content (AvgIpc) is 3.92. The maximum absolute atomic E-state index is 2.50. The molecule has 0 N–H and O–H groups in total. The summed E-state index contributed by atoms with van der Waals surface area (Å²) in [6.07, 6.45) is 0. The van der Waals surface area contributed by atoms with E-state index in [1.165, 1.54) is 86.7 Å². The van der Waals surface area contributed by atoms with E-state index in [0.29, 0.717) is 0 Å². The van der Waals surface area contributed by atoms with Crippen molar-refractivity contribution >= 4 is 109 Å². The fourth-order valence-corrected chi connectivity index (χ4v) is 12.5. The Morgan fingerprint density at radius 1 is 0.400 bits per heavy atom. The second-order valence-corrected chi connectivity index (χ2v) is 17.1. The van der Waals surface area contributed by atoms with Crippen LogP contribution in [0.5, 0.6) is 0 Å². The van der Waals surface area contributed by atoms with E-state index in [9.17, 15) is 0 Å². The van der Waals surface area contributed by atoms with E-state index < -0.39 is 0 Å². The normalized spacial score (nSPS) is 12.0. The molecule has 45 heavy (non-hydrogen) atoms. The third-order valence-electron chi connectivity index (χ3n) is 8.32. The predicted molar refractivity (Wildman–Crippen MR) is 205 cm³/mol. The molecule has 7 heterocycles. The molecule has 0 aliphatic heterocycles. The van der Waals surface area contributed by atoms with Gasteiger partial charge in [0.25, 0.3) is 0 Å². The summed E-state index contributed by atoms with van der Waals surface area (Å²) >= 11 is 11.2. The molecular formula is C38H21NS6. The highest BCUT2D eigenvalue weighted by atomic mass is 32.1.